The summed E-state index contributed by atoms with van der Waals surface area (Å²) >= 11 is 0. The van der Waals surface area contributed by atoms with E-state index in [1.165, 1.54) is 103 Å². The Balaban J connectivity index is 3.94. The van der Waals surface area contributed by atoms with E-state index in [0.717, 1.165) is 19.3 Å². The second-order valence-electron chi connectivity index (χ2n) is 12.2. The summed E-state index contributed by atoms with van der Waals surface area (Å²) in [7, 11) is 1.48. The van der Waals surface area contributed by atoms with Crippen molar-refractivity contribution in [1.82, 2.24) is 0 Å². The molecule has 0 aromatic rings. The maximum atomic E-state index is 12.1. The van der Waals surface area contributed by atoms with Gasteiger partial charge in [-0.1, -0.05) is 122 Å². The Morgan fingerprint density at radius 1 is 0.675 bits per heavy atom. The van der Waals surface area contributed by atoms with Crippen molar-refractivity contribution in [3.8, 4) is 0 Å². The van der Waals surface area contributed by atoms with Crippen LogP contribution >= 0.6 is 7.82 Å². The van der Waals surface area contributed by atoms with E-state index in [4.69, 9.17) is 18.5 Å². The standard InChI is InChI=1S/C31H64NO7P/c1-6-8-9-10-11-12-13-14-15-16-17-18-19-20-21-22-23-24-25-30(28-37-31(33)36-7-2)29-39-40(34,35)38-27-26-32(3,4)5/h30H,6-29H2,1-5H3. The summed E-state index contributed by atoms with van der Waals surface area (Å²) in [5.74, 6) is -0.227. The topological polar surface area (TPSA) is 94.1 Å². The Hall–Kier alpha value is -0.660. The molecule has 2 unspecified atom stereocenters. The highest BCUT2D eigenvalue weighted by Crippen LogP contribution is 2.39. The van der Waals surface area contributed by atoms with E-state index in [1.54, 1.807) is 6.92 Å². The molecule has 0 radical (unpaired) electrons. The number of nitrogens with zero attached hydrogens (tertiary/aromatic N) is 1. The minimum absolute atomic E-state index is 0.0630. The van der Waals surface area contributed by atoms with Gasteiger partial charge in [-0.05, 0) is 13.3 Å². The van der Waals surface area contributed by atoms with Crippen molar-refractivity contribution in [3.63, 3.8) is 0 Å². The van der Waals surface area contributed by atoms with Gasteiger partial charge in [0.2, 0.25) is 0 Å². The molecular weight excluding hydrogens is 529 g/mol. The molecule has 0 saturated carbocycles. The lowest BCUT2D eigenvalue weighted by Crippen LogP contribution is -2.37. The predicted octanol–water partition coefficient (Wildman–Crippen LogP) is 8.42. The summed E-state index contributed by atoms with van der Waals surface area (Å²) in [4.78, 5) is 23.7. The van der Waals surface area contributed by atoms with Gasteiger partial charge in [0.05, 0.1) is 41.0 Å². The maximum absolute atomic E-state index is 12.1. The second-order valence-corrected chi connectivity index (χ2v) is 13.7. The van der Waals surface area contributed by atoms with Crippen LogP contribution in [0.5, 0.6) is 0 Å². The summed E-state index contributed by atoms with van der Waals surface area (Å²) in [6.45, 7) is 4.82. The fraction of sp³-hybridized carbons (Fsp3) is 0.968. The molecule has 0 aliphatic heterocycles. The van der Waals surface area contributed by atoms with Crippen LogP contribution in [-0.2, 0) is 23.1 Å². The van der Waals surface area contributed by atoms with Gasteiger partial charge in [0, 0.05) is 5.92 Å². The van der Waals surface area contributed by atoms with E-state index in [1.807, 2.05) is 21.1 Å². The third-order valence-corrected chi connectivity index (χ3v) is 8.11. The quantitative estimate of drug-likeness (QED) is 0.0372. The Bertz CT molecular complexity index is 627. The first-order valence-electron chi connectivity index (χ1n) is 16.3. The number of ether oxygens (including phenoxy) is 2. The number of likely N-dealkylation sites (N-methyl/N-ethyl adjacent to an activating group) is 1. The van der Waals surface area contributed by atoms with Crippen LogP contribution in [0.1, 0.15) is 136 Å². The predicted molar refractivity (Wildman–Crippen MR) is 162 cm³/mol. The van der Waals surface area contributed by atoms with E-state index in [-0.39, 0.29) is 32.3 Å². The number of carbonyl (C=O) groups is 1. The molecule has 0 N–H and O–H groups in total. The number of carbonyl (C=O) groups excluding carboxylic acids is 1. The number of hydrogen-bond donors (Lipinski definition) is 0. The van der Waals surface area contributed by atoms with Crippen LogP contribution < -0.4 is 4.89 Å². The third kappa shape index (κ3) is 28.9. The van der Waals surface area contributed by atoms with Crippen molar-refractivity contribution >= 4 is 14.0 Å². The highest BCUT2D eigenvalue weighted by Gasteiger charge is 2.18. The largest absolute Gasteiger partial charge is 0.756 e. The lowest BCUT2D eigenvalue weighted by Gasteiger charge is -2.28. The van der Waals surface area contributed by atoms with Crippen molar-refractivity contribution < 1.29 is 37.3 Å². The first kappa shape index (κ1) is 39.3. The molecule has 9 heteroatoms. The van der Waals surface area contributed by atoms with Crippen molar-refractivity contribution in [2.75, 3.05) is 54.1 Å². The van der Waals surface area contributed by atoms with Gasteiger partial charge < -0.3 is 27.9 Å². The monoisotopic (exact) mass is 593 g/mol. The summed E-state index contributed by atoms with van der Waals surface area (Å²) in [6.07, 6.45) is 23.7. The first-order chi connectivity index (χ1) is 19.1. The van der Waals surface area contributed by atoms with Crippen LogP contribution in [0, 0.1) is 5.92 Å². The van der Waals surface area contributed by atoms with E-state index in [9.17, 15) is 14.3 Å². The number of rotatable bonds is 29. The SMILES string of the molecule is CCCCCCCCCCCCCCCCCCCCC(COC(=O)OCC)COP(=O)([O-])OCC[N+](C)(C)C. The molecule has 0 amide bonds. The Kier molecular flexibility index (Phi) is 25.6. The highest BCUT2D eigenvalue weighted by molar-refractivity contribution is 7.45. The molecule has 240 valence electrons. The van der Waals surface area contributed by atoms with Crippen LogP contribution in [-0.4, -0.2) is 64.8 Å². The molecular formula is C31H64NO7P. The summed E-state index contributed by atoms with van der Waals surface area (Å²) in [6, 6.07) is 0. The number of hydrogen-bond acceptors (Lipinski definition) is 7. The third-order valence-electron chi connectivity index (χ3n) is 7.14. The van der Waals surface area contributed by atoms with Gasteiger partial charge in [0.25, 0.3) is 7.82 Å². The van der Waals surface area contributed by atoms with E-state index in [2.05, 4.69) is 6.92 Å². The van der Waals surface area contributed by atoms with Crippen molar-refractivity contribution in [2.24, 2.45) is 5.92 Å². The average Bonchev–Trinajstić information content (AvgIpc) is 2.88. The van der Waals surface area contributed by atoms with Crippen molar-refractivity contribution in [2.45, 2.75) is 136 Å². The molecule has 0 heterocycles. The van der Waals surface area contributed by atoms with Gasteiger partial charge in [-0.2, -0.15) is 0 Å². The van der Waals surface area contributed by atoms with E-state index < -0.39 is 14.0 Å². The van der Waals surface area contributed by atoms with Crippen LogP contribution in [0.3, 0.4) is 0 Å². The Labute approximate surface area is 247 Å². The zero-order chi connectivity index (χ0) is 30.0. The molecule has 0 saturated heterocycles. The number of phosphoric ester groups is 1. The maximum Gasteiger partial charge on any atom is 0.508 e. The molecule has 0 rings (SSSR count). The average molecular weight is 594 g/mol. The highest BCUT2D eigenvalue weighted by atomic mass is 31.2. The molecule has 0 aliphatic carbocycles. The van der Waals surface area contributed by atoms with Gasteiger partial charge >= 0.3 is 6.16 Å². The lowest BCUT2D eigenvalue weighted by atomic mass is 10.0. The fourth-order valence-corrected chi connectivity index (χ4v) is 5.33. The normalized spacial score (nSPS) is 14.2. The molecule has 0 fully saturated rings. The second kappa shape index (κ2) is 26.0. The molecule has 0 bridgehead atoms. The first-order valence-corrected chi connectivity index (χ1v) is 17.8. The zero-order valence-corrected chi connectivity index (χ0v) is 27.7. The summed E-state index contributed by atoms with van der Waals surface area (Å²) in [5.41, 5.74) is 0. The van der Waals surface area contributed by atoms with Gasteiger partial charge in [0.15, 0.2) is 0 Å². The number of quaternary nitrogens is 1. The summed E-state index contributed by atoms with van der Waals surface area (Å²) in [5, 5.41) is 0. The van der Waals surface area contributed by atoms with Crippen LogP contribution in [0.15, 0.2) is 0 Å². The van der Waals surface area contributed by atoms with E-state index in [0.29, 0.717) is 11.0 Å². The molecule has 2 atom stereocenters. The van der Waals surface area contributed by atoms with Crippen LogP contribution in [0.25, 0.3) is 0 Å². The minimum Gasteiger partial charge on any atom is -0.756 e. The molecule has 0 aliphatic rings. The Morgan fingerprint density at radius 3 is 1.55 bits per heavy atom. The minimum atomic E-state index is -4.40. The zero-order valence-electron chi connectivity index (χ0n) is 26.8. The molecule has 0 aromatic heterocycles. The van der Waals surface area contributed by atoms with Crippen LogP contribution in [0.4, 0.5) is 4.79 Å². The van der Waals surface area contributed by atoms with Crippen molar-refractivity contribution in [1.29, 1.82) is 0 Å². The summed E-state index contributed by atoms with van der Waals surface area (Å²) < 4.78 is 32.8. The van der Waals surface area contributed by atoms with Crippen LogP contribution in [0.2, 0.25) is 0 Å². The molecule has 40 heavy (non-hydrogen) atoms. The molecule has 0 aromatic carbocycles. The van der Waals surface area contributed by atoms with E-state index >= 15 is 0 Å². The van der Waals surface area contributed by atoms with Gasteiger partial charge in [-0.15, -0.1) is 0 Å². The fourth-order valence-electron chi connectivity index (χ4n) is 4.56. The van der Waals surface area contributed by atoms with Gasteiger partial charge in [-0.3, -0.25) is 4.57 Å². The lowest BCUT2D eigenvalue weighted by molar-refractivity contribution is -0.870. The van der Waals surface area contributed by atoms with Gasteiger partial charge in [-0.25, -0.2) is 4.79 Å². The Morgan fingerprint density at radius 2 is 1.12 bits per heavy atom. The number of unbranched alkanes of at least 4 members (excludes halogenated alkanes) is 17. The van der Waals surface area contributed by atoms with Crippen molar-refractivity contribution in [3.05, 3.63) is 0 Å². The molecule has 8 nitrogen and oxygen atoms in total. The molecule has 0 spiro atoms. The number of phosphoric acid groups is 1. The smallest absolute Gasteiger partial charge is 0.508 e. The van der Waals surface area contributed by atoms with Gasteiger partial charge in [0.1, 0.15) is 13.2 Å².